The number of aromatic nitrogens is 1. The molecule has 0 unspecified atom stereocenters. The van der Waals surface area contributed by atoms with Crippen LogP contribution in [0.25, 0.3) is 0 Å². The van der Waals surface area contributed by atoms with E-state index in [2.05, 4.69) is 38.8 Å². The van der Waals surface area contributed by atoms with Crippen LogP contribution in [0.3, 0.4) is 0 Å². The molecule has 1 heterocycles. The van der Waals surface area contributed by atoms with Crippen molar-refractivity contribution < 1.29 is 19.1 Å². The van der Waals surface area contributed by atoms with Gasteiger partial charge in [0.1, 0.15) is 18.1 Å². The lowest BCUT2D eigenvalue weighted by Crippen LogP contribution is -2.41. The van der Waals surface area contributed by atoms with Crippen molar-refractivity contribution in [3.05, 3.63) is 24.0 Å². The molecule has 0 amide bonds. The van der Waals surface area contributed by atoms with Gasteiger partial charge in [-0.25, -0.2) is 9.78 Å². The predicted octanol–water partition coefficient (Wildman–Crippen LogP) is 3.18. The van der Waals surface area contributed by atoms with Crippen molar-refractivity contribution in [3.63, 3.8) is 0 Å². The number of hydrogen-bond donors (Lipinski definition) is 1. The highest BCUT2D eigenvalue weighted by Gasteiger charge is 2.36. The molecule has 0 atom stereocenters. The SMILES string of the molecule is CC(C)(C)[Si](C)(C)OCCOc1ccc(C(=O)O)nc1. The third kappa shape index (κ3) is 4.61. The Balaban J connectivity index is 2.40. The van der Waals surface area contributed by atoms with Crippen molar-refractivity contribution in [1.82, 2.24) is 4.98 Å². The first-order valence-electron chi connectivity index (χ1n) is 6.59. The van der Waals surface area contributed by atoms with Crippen LogP contribution < -0.4 is 4.74 Å². The maximum absolute atomic E-state index is 10.7. The number of pyridine rings is 1. The molecule has 1 N–H and O–H groups in total. The smallest absolute Gasteiger partial charge is 0.354 e. The maximum atomic E-state index is 10.7. The number of nitrogens with zero attached hydrogens (tertiary/aromatic N) is 1. The third-order valence-corrected chi connectivity index (χ3v) is 8.11. The number of ether oxygens (including phenoxy) is 1. The fraction of sp³-hybridized carbons (Fsp3) is 0.571. The Morgan fingerprint density at radius 2 is 1.95 bits per heavy atom. The van der Waals surface area contributed by atoms with Crippen LogP contribution in [-0.2, 0) is 4.43 Å². The predicted molar refractivity (Wildman–Crippen MR) is 79.8 cm³/mol. The molecule has 0 aromatic carbocycles. The second-order valence-corrected chi connectivity index (χ2v) is 11.0. The highest BCUT2D eigenvalue weighted by molar-refractivity contribution is 6.74. The van der Waals surface area contributed by atoms with Crippen molar-refractivity contribution in [2.75, 3.05) is 13.2 Å². The molecule has 5 nitrogen and oxygen atoms in total. The van der Waals surface area contributed by atoms with Gasteiger partial charge in [0.05, 0.1) is 12.8 Å². The van der Waals surface area contributed by atoms with Gasteiger partial charge in [0, 0.05) is 0 Å². The van der Waals surface area contributed by atoms with Crippen LogP contribution in [0.2, 0.25) is 18.1 Å². The summed E-state index contributed by atoms with van der Waals surface area (Å²) in [6.45, 7) is 11.9. The topological polar surface area (TPSA) is 68.7 Å². The minimum absolute atomic E-state index is 0.00914. The van der Waals surface area contributed by atoms with Crippen molar-refractivity contribution in [3.8, 4) is 5.75 Å². The molecule has 0 spiro atoms. The Hall–Kier alpha value is -1.40. The first-order valence-corrected chi connectivity index (χ1v) is 9.50. The monoisotopic (exact) mass is 297 g/mol. The van der Waals surface area contributed by atoms with Crippen LogP contribution in [0.4, 0.5) is 0 Å². The van der Waals surface area contributed by atoms with Gasteiger partial charge in [-0.3, -0.25) is 0 Å². The summed E-state index contributed by atoms with van der Waals surface area (Å²) in [5.41, 5.74) is 0.00914. The molecule has 0 saturated heterocycles. The van der Waals surface area contributed by atoms with E-state index in [-0.39, 0.29) is 10.7 Å². The zero-order valence-corrected chi connectivity index (χ0v) is 13.8. The molecule has 0 aliphatic heterocycles. The Kier molecular flexibility index (Phi) is 5.30. The molecule has 1 aromatic rings. The molecule has 0 fully saturated rings. The lowest BCUT2D eigenvalue weighted by atomic mass is 10.2. The molecule has 6 heteroatoms. The highest BCUT2D eigenvalue weighted by atomic mass is 28.4. The summed E-state index contributed by atoms with van der Waals surface area (Å²) in [6, 6.07) is 3.02. The fourth-order valence-corrected chi connectivity index (χ4v) is 2.29. The van der Waals surface area contributed by atoms with Crippen LogP contribution >= 0.6 is 0 Å². The summed E-state index contributed by atoms with van der Waals surface area (Å²) in [5.74, 6) is -0.494. The quantitative estimate of drug-likeness (QED) is 0.645. The summed E-state index contributed by atoms with van der Waals surface area (Å²) in [4.78, 5) is 14.4. The Morgan fingerprint density at radius 1 is 1.30 bits per heavy atom. The van der Waals surface area contributed by atoms with Gasteiger partial charge in [-0.15, -0.1) is 0 Å². The average molecular weight is 297 g/mol. The van der Waals surface area contributed by atoms with Gasteiger partial charge >= 0.3 is 5.97 Å². The van der Waals surface area contributed by atoms with E-state index in [1.807, 2.05) is 0 Å². The van der Waals surface area contributed by atoms with Gasteiger partial charge in [-0.05, 0) is 30.3 Å². The zero-order valence-electron chi connectivity index (χ0n) is 12.8. The van der Waals surface area contributed by atoms with Crippen molar-refractivity contribution in [1.29, 1.82) is 0 Å². The lowest BCUT2D eigenvalue weighted by Gasteiger charge is -2.36. The summed E-state index contributed by atoms with van der Waals surface area (Å²) >= 11 is 0. The van der Waals surface area contributed by atoms with E-state index < -0.39 is 14.3 Å². The summed E-state index contributed by atoms with van der Waals surface area (Å²) in [6.07, 6.45) is 1.41. The van der Waals surface area contributed by atoms with Crippen LogP contribution in [0, 0.1) is 0 Å². The van der Waals surface area contributed by atoms with E-state index in [0.717, 1.165) is 0 Å². The van der Waals surface area contributed by atoms with E-state index >= 15 is 0 Å². The Labute approximate surface area is 121 Å². The van der Waals surface area contributed by atoms with E-state index in [1.54, 1.807) is 6.07 Å². The number of carbonyl (C=O) groups is 1. The van der Waals surface area contributed by atoms with Gasteiger partial charge in [-0.2, -0.15) is 0 Å². The van der Waals surface area contributed by atoms with Gasteiger partial charge in [0.15, 0.2) is 8.32 Å². The molecule has 112 valence electrons. The Morgan fingerprint density at radius 3 is 2.40 bits per heavy atom. The molecule has 1 rings (SSSR count). The van der Waals surface area contributed by atoms with Gasteiger partial charge in [-0.1, -0.05) is 20.8 Å². The number of hydrogen-bond acceptors (Lipinski definition) is 4. The molecule has 0 saturated carbocycles. The molecule has 0 bridgehead atoms. The highest BCUT2D eigenvalue weighted by Crippen LogP contribution is 2.36. The standard InChI is InChI=1S/C14H23NO4Si/c1-14(2,3)20(4,5)19-9-8-18-11-6-7-12(13(16)17)15-10-11/h6-7,10H,8-9H2,1-5H3,(H,16,17). The zero-order chi connectivity index (χ0) is 15.4. The maximum Gasteiger partial charge on any atom is 0.354 e. The van der Waals surface area contributed by atoms with Gasteiger partial charge in [0.2, 0.25) is 0 Å². The molecule has 1 aromatic heterocycles. The average Bonchev–Trinajstić information content (AvgIpc) is 2.34. The lowest BCUT2D eigenvalue weighted by molar-refractivity contribution is 0.0690. The fourth-order valence-electron chi connectivity index (χ4n) is 1.27. The second-order valence-electron chi connectivity index (χ2n) is 6.14. The van der Waals surface area contributed by atoms with E-state index in [1.165, 1.54) is 12.3 Å². The molecule has 0 aliphatic carbocycles. The third-order valence-electron chi connectivity index (χ3n) is 3.58. The largest absolute Gasteiger partial charge is 0.490 e. The van der Waals surface area contributed by atoms with Crippen molar-refractivity contribution in [2.45, 2.75) is 38.9 Å². The summed E-state index contributed by atoms with van der Waals surface area (Å²) in [5, 5.41) is 8.92. The summed E-state index contributed by atoms with van der Waals surface area (Å²) < 4.78 is 11.5. The van der Waals surface area contributed by atoms with Crippen LogP contribution in [0.5, 0.6) is 5.75 Å². The van der Waals surface area contributed by atoms with Crippen LogP contribution in [-0.4, -0.2) is 37.6 Å². The molecule has 0 radical (unpaired) electrons. The number of aromatic carboxylic acids is 1. The Bertz CT molecular complexity index is 451. The van der Waals surface area contributed by atoms with Gasteiger partial charge < -0.3 is 14.3 Å². The molecular weight excluding hydrogens is 274 g/mol. The van der Waals surface area contributed by atoms with E-state index in [0.29, 0.717) is 19.0 Å². The molecule has 20 heavy (non-hydrogen) atoms. The summed E-state index contributed by atoms with van der Waals surface area (Å²) in [7, 11) is -1.74. The first kappa shape index (κ1) is 16.7. The van der Waals surface area contributed by atoms with Crippen molar-refractivity contribution >= 4 is 14.3 Å². The van der Waals surface area contributed by atoms with Crippen LogP contribution in [0.1, 0.15) is 31.3 Å². The minimum Gasteiger partial charge on any atom is -0.490 e. The normalized spacial score (nSPS) is 12.2. The van der Waals surface area contributed by atoms with E-state index in [4.69, 9.17) is 14.3 Å². The number of rotatable bonds is 6. The van der Waals surface area contributed by atoms with Crippen LogP contribution in [0.15, 0.2) is 18.3 Å². The number of carboxylic acid groups (broad SMARTS) is 1. The first-order chi connectivity index (χ1) is 9.13. The van der Waals surface area contributed by atoms with Crippen molar-refractivity contribution in [2.24, 2.45) is 0 Å². The van der Waals surface area contributed by atoms with E-state index in [9.17, 15) is 4.79 Å². The molecule has 0 aliphatic rings. The minimum atomic E-state index is -1.74. The molecular formula is C14H23NO4Si. The second kappa shape index (κ2) is 6.36. The van der Waals surface area contributed by atoms with Gasteiger partial charge in [0.25, 0.3) is 0 Å². The number of carboxylic acids is 1.